The molecule has 102 valence electrons. The molecule has 1 aliphatic rings. The fraction of sp³-hybridized carbons (Fsp3) is 0.385. The summed E-state index contributed by atoms with van der Waals surface area (Å²) >= 11 is 0. The molecule has 6 heteroatoms. The predicted octanol–water partition coefficient (Wildman–Crippen LogP) is 1.99. The predicted molar refractivity (Wildman–Crippen MR) is 68.6 cm³/mol. The molecule has 0 heterocycles. The Labute approximate surface area is 111 Å². The Kier molecular flexibility index (Phi) is 5.61. The summed E-state index contributed by atoms with van der Waals surface area (Å²) in [5.74, 6) is -0.637. The number of rotatable bonds is 3. The summed E-state index contributed by atoms with van der Waals surface area (Å²) in [5, 5.41) is 19.3. The van der Waals surface area contributed by atoms with Crippen LogP contribution in [0.15, 0.2) is 18.2 Å². The van der Waals surface area contributed by atoms with Crippen LogP contribution >= 0.6 is 0 Å². The number of aliphatic hydroxyl groups excluding tert-OH is 1. The molecule has 1 aromatic rings. The lowest BCUT2D eigenvalue weighted by Gasteiger charge is -2.27. The zero-order valence-electron chi connectivity index (χ0n) is 10.6. The monoisotopic (exact) mass is 265 g/mol. The van der Waals surface area contributed by atoms with Crippen LogP contribution in [0.5, 0.6) is 0 Å². The van der Waals surface area contributed by atoms with Crippen molar-refractivity contribution in [2.75, 3.05) is 12.4 Å². The Balaban J connectivity index is 0.000000550. The van der Waals surface area contributed by atoms with Crippen LogP contribution in [-0.2, 0) is 0 Å². The first kappa shape index (κ1) is 14.8. The van der Waals surface area contributed by atoms with E-state index in [1.54, 1.807) is 12.1 Å². The Morgan fingerprint density at radius 1 is 1.53 bits per heavy atom. The molecular weight excluding hydrogens is 249 g/mol. The van der Waals surface area contributed by atoms with Gasteiger partial charge in [0, 0.05) is 18.7 Å². The number of anilines is 1. The molecule has 5 nitrogen and oxygen atoms in total. The van der Waals surface area contributed by atoms with Crippen molar-refractivity contribution in [3.05, 3.63) is 29.6 Å². The molecular formula is C13H16FN3O2. The quantitative estimate of drug-likeness (QED) is 0.730. The maximum atomic E-state index is 13.6. The van der Waals surface area contributed by atoms with Gasteiger partial charge in [-0.05, 0) is 37.5 Å². The Hall–Kier alpha value is -2.29. The SMILES string of the molecule is CNC(=O)c1ccc(NC2CCC2)c(F)c1.N#CO. The summed E-state index contributed by atoms with van der Waals surface area (Å²) < 4.78 is 13.6. The first-order valence-electron chi connectivity index (χ1n) is 5.93. The van der Waals surface area contributed by atoms with Crippen LogP contribution in [-0.4, -0.2) is 24.1 Å². The Morgan fingerprint density at radius 3 is 2.58 bits per heavy atom. The number of hydrogen-bond donors (Lipinski definition) is 3. The minimum Gasteiger partial charge on any atom is -0.443 e. The number of carbonyl (C=O) groups is 1. The van der Waals surface area contributed by atoms with Crippen molar-refractivity contribution in [1.29, 1.82) is 5.26 Å². The van der Waals surface area contributed by atoms with Crippen LogP contribution in [0.2, 0.25) is 0 Å². The lowest BCUT2D eigenvalue weighted by molar-refractivity contribution is 0.0962. The number of nitrogens with zero attached hydrogens (tertiary/aromatic N) is 1. The van der Waals surface area contributed by atoms with Gasteiger partial charge in [-0.15, -0.1) is 0 Å². The second-order valence-corrected chi connectivity index (χ2v) is 4.15. The van der Waals surface area contributed by atoms with Gasteiger partial charge in [-0.2, -0.15) is 5.26 Å². The highest BCUT2D eigenvalue weighted by Gasteiger charge is 2.18. The number of nitrogens with one attached hydrogen (secondary N) is 2. The second kappa shape index (κ2) is 7.21. The molecule has 0 aliphatic heterocycles. The molecule has 1 aromatic carbocycles. The number of hydrogen-bond acceptors (Lipinski definition) is 4. The normalized spacial score (nSPS) is 13.3. The second-order valence-electron chi connectivity index (χ2n) is 4.15. The lowest BCUT2D eigenvalue weighted by Crippen LogP contribution is -2.27. The highest BCUT2D eigenvalue weighted by Crippen LogP contribution is 2.25. The Bertz CT molecular complexity index is 481. The van der Waals surface area contributed by atoms with Gasteiger partial charge >= 0.3 is 0 Å². The van der Waals surface area contributed by atoms with E-state index in [1.165, 1.54) is 19.5 Å². The minimum atomic E-state index is -0.368. The van der Waals surface area contributed by atoms with E-state index in [4.69, 9.17) is 10.4 Å². The molecule has 2 rings (SSSR count). The smallest absolute Gasteiger partial charge is 0.283 e. The third-order valence-electron chi connectivity index (χ3n) is 2.92. The van der Waals surface area contributed by atoms with Crippen molar-refractivity contribution in [1.82, 2.24) is 5.32 Å². The fourth-order valence-corrected chi connectivity index (χ4v) is 1.69. The van der Waals surface area contributed by atoms with Gasteiger partial charge in [0.2, 0.25) is 0 Å². The zero-order valence-corrected chi connectivity index (χ0v) is 10.6. The third kappa shape index (κ3) is 4.14. The van der Waals surface area contributed by atoms with Gasteiger partial charge in [-0.1, -0.05) is 0 Å². The first-order valence-corrected chi connectivity index (χ1v) is 5.93. The molecule has 0 radical (unpaired) electrons. The zero-order chi connectivity index (χ0) is 14.3. The van der Waals surface area contributed by atoms with Crippen LogP contribution in [0.4, 0.5) is 10.1 Å². The van der Waals surface area contributed by atoms with Gasteiger partial charge in [-0.3, -0.25) is 4.79 Å². The number of benzene rings is 1. The maximum Gasteiger partial charge on any atom is 0.283 e. The van der Waals surface area contributed by atoms with Gasteiger partial charge in [0.25, 0.3) is 12.2 Å². The lowest BCUT2D eigenvalue weighted by atomic mass is 9.93. The maximum absolute atomic E-state index is 13.6. The standard InChI is InChI=1S/C12H15FN2O.CHNO/c1-14-12(16)8-5-6-11(10(13)7-8)15-9-3-2-4-9;2-1-3/h5-7,9,15H,2-4H2,1H3,(H,14,16);3H. The van der Waals surface area contributed by atoms with E-state index in [0.29, 0.717) is 17.3 Å². The number of halogens is 1. The molecule has 1 aliphatic carbocycles. The average Bonchev–Trinajstić information content (AvgIpc) is 2.35. The van der Waals surface area contributed by atoms with Crippen molar-refractivity contribution in [2.45, 2.75) is 25.3 Å². The van der Waals surface area contributed by atoms with Crippen molar-refractivity contribution >= 4 is 11.6 Å². The summed E-state index contributed by atoms with van der Waals surface area (Å²) in [6.45, 7) is 0. The van der Waals surface area contributed by atoms with Gasteiger partial charge < -0.3 is 15.7 Å². The molecule has 19 heavy (non-hydrogen) atoms. The van der Waals surface area contributed by atoms with Gasteiger partial charge in [0.05, 0.1) is 5.69 Å². The molecule has 1 fully saturated rings. The molecule has 1 amide bonds. The first-order chi connectivity index (χ1) is 9.12. The van der Waals surface area contributed by atoms with Gasteiger partial charge in [0.1, 0.15) is 5.82 Å². The largest absolute Gasteiger partial charge is 0.443 e. The molecule has 1 saturated carbocycles. The van der Waals surface area contributed by atoms with E-state index >= 15 is 0 Å². The van der Waals surface area contributed by atoms with Crippen LogP contribution < -0.4 is 10.6 Å². The van der Waals surface area contributed by atoms with E-state index in [-0.39, 0.29) is 11.7 Å². The fourth-order valence-electron chi connectivity index (χ4n) is 1.69. The Morgan fingerprint density at radius 2 is 2.16 bits per heavy atom. The van der Waals surface area contributed by atoms with Crippen molar-refractivity contribution in [3.8, 4) is 6.26 Å². The van der Waals surface area contributed by atoms with Crippen LogP contribution in [0.25, 0.3) is 0 Å². The van der Waals surface area contributed by atoms with E-state index in [2.05, 4.69) is 10.6 Å². The summed E-state index contributed by atoms with van der Waals surface area (Å²) in [6, 6.07) is 4.90. The summed E-state index contributed by atoms with van der Waals surface area (Å²) in [4.78, 5) is 11.3. The van der Waals surface area contributed by atoms with E-state index in [9.17, 15) is 9.18 Å². The molecule has 3 N–H and O–H groups in total. The molecule has 0 spiro atoms. The number of nitriles is 1. The van der Waals surface area contributed by atoms with Gasteiger partial charge in [0.15, 0.2) is 0 Å². The topological polar surface area (TPSA) is 85.2 Å². The van der Waals surface area contributed by atoms with Crippen LogP contribution in [0.1, 0.15) is 29.6 Å². The molecule has 0 saturated heterocycles. The third-order valence-corrected chi connectivity index (χ3v) is 2.92. The molecule has 0 bridgehead atoms. The average molecular weight is 265 g/mol. The number of aliphatic hydroxyl groups is 1. The van der Waals surface area contributed by atoms with E-state index < -0.39 is 0 Å². The molecule has 0 unspecified atom stereocenters. The van der Waals surface area contributed by atoms with Gasteiger partial charge in [-0.25, -0.2) is 4.39 Å². The minimum absolute atomic E-state index is 0.269. The summed E-state index contributed by atoms with van der Waals surface area (Å²) in [5.41, 5.74) is 0.830. The van der Waals surface area contributed by atoms with E-state index in [0.717, 1.165) is 19.1 Å². The summed E-state index contributed by atoms with van der Waals surface area (Å²) in [6.07, 6.45) is 4.14. The highest BCUT2D eigenvalue weighted by molar-refractivity contribution is 5.94. The number of carbonyl (C=O) groups excluding carboxylic acids is 1. The van der Waals surface area contributed by atoms with Crippen LogP contribution in [0.3, 0.4) is 0 Å². The van der Waals surface area contributed by atoms with Crippen molar-refractivity contribution < 1.29 is 14.3 Å². The van der Waals surface area contributed by atoms with Crippen molar-refractivity contribution in [2.24, 2.45) is 0 Å². The summed E-state index contributed by atoms with van der Waals surface area (Å²) in [7, 11) is 1.53. The molecule has 0 atom stereocenters. The van der Waals surface area contributed by atoms with E-state index in [1.807, 2.05) is 0 Å². The molecule has 0 aromatic heterocycles. The highest BCUT2D eigenvalue weighted by atomic mass is 19.1. The number of amides is 1. The van der Waals surface area contributed by atoms with Crippen molar-refractivity contribution in [3.63, 3.8) is 0 Å². The van der Waals surface area contributed by atoms with Crippen LogP contribution in [0, 0.1) is 17.3 Å².